The van der Waals surface area contributed by atoms with Gasteiger partial charge in [0, 0.05) is 5.69 Å². The summed E-state index contributed by atoms with van der Waals surface area (Å²) in [5.74, 6) is -3.36. The summed E-state index contributed by atoms with van der Waals surface area (Å²) in [6.45, 7) is 0. The van der Waals surface area contributed by atoms with Crippen molar-refractivity contribution in [3.05, 3.63) is 95.6 Å². The van der Waals surface area contributed by atoms with Gasteiger partial charge in [-0.05, 0) is 72.5 Å². The third-order valence-electron chi connectivity index (χ3n) is 7.65. The number of carboxylic acid groups (broad SMARTS) is 1. The fourth-order valence-corrected chi connectivity index (χ4v) is 5.42. The third kappa shape index (κ3) is 8.59. The van der Waals surface area contributed by atoms with Gasteiger partial charge >= 0.3 is 56.5 Å². The molecular formula is C30H29F2I3NO9-. The van der Waals surface area contributed by atoms with Crippen LogP contribution in [-0.2, 0) is 19.1 Å². The smallest absolute Gasteiger partial charge is 0.335 e. The Morgan fingerprint density at radius 2 is 1.47 bits per heavy atom. The van der Waals surface area contributed by atoms with Crippen molar-refractivity contribution < 1.29 is 66.6 Å². The van der Waals surface area contributed by atoms with Crippen molar-refractivity contribution >= 4 is 54.8 Å². The second-order valence-electron chi connectivity index (χ2n) is 10.4. The average Bonchev–Trinajstić information content (AvgIpc) is 3.01. The summed E-state index contributed by atoms with van der Waals surface area (Å²) < 4.78 is 38.5. The molecule has 0 radical (unpaired) electrons. The van der Waals surface area contributed by atoms with Crippen molar-refractivity contribution in [3.63, 3.8) is 0 Å². The van der Waals surface area contributed by atoms with Gasteiger partial charge in [0.05, 0.1) is 18.1 Å². The predicted molar refractivity (Wildman–Crippen MR) is 170 cm³/mol. The zero-order valence-corrected chi connectivity index (χ0v) is 29.6. The maximum Gasteiger partial charge on any atom is 0.335 e. The maximum atomic E-state index is 13.7. The molecule has 244 valence electrons. The Balaban J connectivity index is 0.00000148. The van der Waals surface area contributed by atoms with Crippen molar-refractivity contribution in [1.29, 1.82) is 0 Å². The summed E-state index contributed by atoms with van der Waals surface area (Å²) in [5.41, 5.74) is 1.63. The second-order valence-corrected chi connectivity index (χ2v) is 26.6. The van der Waals surface area contributed by atoms with E-state index in [0.717, 1.165) is 0 Å². The number of β-lactam (4-membered cyclic amide) rings is 1. The fourth-order valence-electron chi connectivity index (χ4n) is 5.42. The molecule has 3 aromatic carbocycles. The van der Waals surface area contributed by atoms with Crippen molar-refractivity contribution in [2.24, 2.45) is 5.92 Å². The summed E-state index contributed by atoms with van der Waals surface area (Å²) >= 11 is 5.30. The number of carboxylic acids is 1. The van der Waals surface area contributed by atoms with Crippen LogP contribution in [0.2, 0.25) is 0 Å². The van der Waals surface area contributed by atoms with Crippen molar-refractivity contribution in [2.75, 3.05) is 4.90 Å². The number of phenolic OH excluding ortho intramolecular Hbond substituents is 1. The number of ether oxygens (including phenoxy) is 2. The predicted octanol–water partition coefficient (Wildman–Crippen LogP) is 1.58. The Kier molecular flexibility index (Phi) is 13.1. The number of aromatic hydroxyl groups is 1. The van der Waals surface area contributed by atoms with E-state index in [9.17, 15) is 43.9 Å². The monoisotopic (exact) mass is 966 g/mol. The molecule has 1 amide bonds. The molecule has 3 aromatic rings. The Bertz CT molecular complexity index is 1440. The minimum absolute atomic E-state index is 0.0390. The van der Waals surface area contributed by atoms with Crippen LogP contribution >= 0.6 is 37.2 Å². The molecule has 0 saturated carbocycles. The zero-order valence-electron chi connectivity index (χ0n) is 23.2. The van der Waals surface area contributed by atoms with Crippen LogP contribution in [0.3, 0.4) is 0 Å². The van der Waals surface area contributed by atoms with E-state index in [-0.39, 0.29) is 24.5 Å². The SMILES string of the molecule is I[I-]I.O=C(O)[C@H]1OC(O[C@@H](CC[C@H]2C(=O)N(c3ccc(F)cc3)[C@@H]2c2ccc(O)cc2)c2ccc(F)cc2)[C@H](O)[C@@H](O)[C@@H]1O. The topological polar surface area (TPSA) is 157 Å². The van der Waals surface area contributed by atoms with E-state index in [1.807, 2.05) is 0 Å². The molecule has 45 heavy (non-hydrogen) atoms. The number of aliphatic hydroxyl groups is 3. The Morgan fingerprint density at radius 3 is 2.02 bits per heavy atom. The average molecular weight is 966 g/mol. The molecule has 0 aliphatic carbocycles. The molecule has 0 bridgehead atoms. The van der Waals surface area contributed by atoms with Gasteiger partial charge in [-0.25, -0.2) is 13.6 Å². The minimum Gasteiger partial charge on any atom is -0.508 e. The molecule has 8 atom stereocenters. The third-order valence-corrected chi connectivity index (χ3v) is 7.65. The number of carbonyl (C=O) groups is 2. The first-order chi connectivity index (χ1) is 21.5. The Labute approximate surface area is 287 Å². The van der Waals surface area contributed by atoms with Gasteiger partial charge in [0.15, 0.2) is 12.4 Å². The normalized spacial score (nSPS) is 26.9. The van der Waals surface area contributed by atoms with Gasteiger partial charge in [0.2, 0.25) is 5.91 Å². The van der Waals surface area contributed by atoms with E-state index in [1.165, 1.54) is 65.6 Å². The van der Waals surface area contributed by atoms with E-state index >= 15 is 0 Å². The molecule has 15 heteroatoms. The van der Waals surface area contributed by atoms with Gasteiger partial charge < -0.3 is 39.9 Å². The van der Waals surface area contributed by atoms with Crippen LogP contribution in [0.25, 0.3) is 0 Å². The number of amides is 1. The summed E-state index contributed by atoms with van der Waals surface area (Å²) in [5, 5.41) is 49.9. The standard InChI is InChI=1S/C30H29F2NO9.I3/c31-17-5-1-15(2-6-17)22(41-30-26(37)24(35)25(36)27(42-30)29(39)40)14-13-21-23(16-3-11-20(34)12-4-16)33(28(21)38)19-9-7-18(32)8-10-19;1-3-2/h1-12,21-27,30,34-37H,13-14H2,(H,39,40);/q;-1/t21-,22+,23-,24+,25+,26-,27+,30?;/m1./s1. The number of hydrogen-bond donors (Lipinski definition) is 5. The molecule has 10 nitrogen and oxygen atoms in total. The van der Waals surface area contributed by atoms with E-state index in [2.05, 4.69) is 37.2 Å². The number of carbonyl (C=O) groups excluding carboxylic acids is 1. The summed E-state index contributed by atoms with van der Waals surface area (Å²) in [6, 6.07) is 16.5. The van der Waals surface area contributed by atoms with Gasteiger partial charge in [0.25, 0.3) is 0 Å². The minimum atomic E-state index is -1.90. The zero-order chi connectivity index (χ0) is 32.8. The Morgan fingerprint density at radius 1 is 0.911 bits per heavy atom. The second kappa shape index (κ2) is 16.4. The first kappa shape index (κ1) is 36.1. The van der Waals surface area contributed by atoms with Gasteiger partial charge in [-0.2, -0.15) is 0 Å². The molecule has 0 aromatic heterocycles. The van der Waals surface area contributed by atoms with Crippen LogP contribution in [0, 0.1) is 17.6 Å². The van der Waals surface area contributed by atoms with Crippen molar-refractivity contribution in [3.8, 4) is 5.75 Å². The first-order valence-corrected chi connectivity index (χ1v) is 26.1. The van der Waals surface area contributed by atoms with E-state index in [4.69, 9.17) is 9.47 Å². The number of hydrogen-bond acceptors (Lipinski definition) is 8. The maximum absolute atomic E-state index is 13.7. The number of nitrogens with zero attached hydrogens (tertiary/aromatic N) is 1. The molecule has 2 fully saturated rings. The van der Waals surface area contributed by atoms with Crippen LogP contribution in [0.4, 0.5) is 14.5 Å². The molecule has 5 rings (SSSR count). The number of aliphatic carboxylic acids is 1. The number of halogens is 5. The van der Waals surface area contributed by atoms with Crippen LogP contribution in [0.5, 0.6) is 5.75 Å². The molecule has 1 unspecified atom stereocenters. The number of aliphatic hydroxyl groups excluding tert-OH is 3. The number of benzene rings is 3. The molecule has 2 aliphatic heterocycles. The van der Waals surface area contributed by atoms with E-state index in [1.54, 1.807) is 12.1 Å². The molecular weight excluding hydrogens is 937 g/mol. The van der Waals surface area contributed by atoms with Crippen molar-refractivity contribution in [1.82, 2.24) is 0 Å². The molecule has 0 spiro atoms. The quantitative estimate of drug-likeness (QED) is 0.159. The molecule has 2 saturated heterocycles. The molecule has 2 heterocycles. The van der Waals surface area contributed by atoms with Crippen LogP contribution in [0.1, 0.15) is 36.1 Å². The molecule has 5 N–H and O–H groups in total. The van der Waals surface area contributed by atoms with Gasteiger partial charge in [-0.15, -0.1) is 0 Å². The molecule has 2 aliphatic rings. The fraction of sp³-hybridized carbons (Fsp3) is 0.333. The summed E-state index contributed by atoms with van der Waals surface area (Å²) in [4.78, 5) is 26.5. The summed E-state index contributed by atoms with van der Waals surface area (Å²) in [7, 11) is 0. The number of phenols is 1. The largest absolute Gasteiger partial charge is 0.508 e. The van der Waals surface area contributed by atoms with Gasteiger partial charge in [0.1, 0.15) is 35.7 Å². The van der Waals surface area contributed by atoms with Crippen LogP contribution in [-0.4, -0.2) is 68.1 Å². The van der Waals surface area contributed by atoms with Crippen LogP contribution in [0.15, 0.2) is 72.8 Å². The number of rotatable bonds is 9. The van der Waals surface area contributed by atoms with Crippen LogP contribution < -0.4 is 18.2 Å². The number of anilines is 1. The summed E-state index contributed by atoms with van der Waals surface area (Å²) in [6.07, 6.45) is -9.75. The van der Waals surface area contributed by atoms with Gasteiger partial charge in [-0.3, -0.25) is 4.79 Å². The first-order valence-electron chi connectivity index (χ1n) is 13.5. The van der Waals surface area contributed by atoms with Gasteiger partial charge in [-0.1, -0.05) is 24.3 Å². The van der Waals surface area contributed by atoms with E-state index < -0.39 is 66.4 Å². The Hall–Kier alpha value is -1.75. The van der Waals surface area contributed by atoms with Crippen molar-refractivity contribution in [2.45, 2.75) is 55.7 Å². The van der Waals surface area contributed by atoms with E-state index in [0.29, 0.717) is 30.1 Å².